The van der Waals surface area contributed by atoms with Gasteiger partial charge in [0.2, 0.25) is 0 Å². The van der Waals surface area contributed by atoms with Gasteiger partial charge in [-0.05, 0) is 49.5 Å². The first-order chi connectivity index (χ1) is 12.2. The number of hydrogen-bond acceptors (Lipinski definition) is 4. The molecule has 0 aliphatic heterocycles. The van der Waals surface area contributed by atoms with Gasteiger partial charge in [-0.15, -0.1) is 0 Å². The van der Waals surface area contributed by atoms with Crippen molar-refractivity contribution in [2.45, 2.75) is 47.1 Å². The van der Waals surface area contributed by atoms with E-state index in [4.69, 9.17) is 10.2 Å². The van der Waals surface area contributed by atoms with Gasteiger partial charge in [-0.25, -0.2) is 4.98 Å². The van der Waals surface area contributed by atoms with Gasteiger partial charge in [0.05, 0.1) is 11.0 Å². The summed E-state index contributed by atoms with van der Waals surface area (Å²) in [5.41, 5.74) is 5.67. The van der Waals surface area contributed by atoms with Crippen molar-refractivity contribution in [2.75, 3.05) is 20.6 Å². The molecular weight excluding hydrogens is 324 g/mol. The molecule has 0 radical (unpaired) electrons. The number of aromatic nitrogens is 2. The first kappa shape index (κ1) is 20.5. The Labute approximate surface area is 157 Å². The Morgan fingerprint density at radius 3 is 2.65 bits per heavy atom. The van der Waals surface area contributed by atoms with Crippen molar-refractivity contribution in [2.24, 2.45) is 11.3 Å². The van der Waals surface area contributed by atoms with E-state index in [0.717, 1.165) is 31.4 Å². The lowest BCUT2D eigenvalue weighted by Gasteiger charge is -2.29. The number of benzene rings is 1. The fraction of sp³-hybridized carbons (Fsp3) is 0.571. The highest BCUT2D eigenvalue weighted by molar-refractivity contribution is 5.77. The Kier molecular flexibility index (Phi) is 6.84. The van der Waals surface area contributed by atoms with E-state index >= 15 is 0 Å². The largest absolute Gasteiger partial charge is 0.327 e. The second-order valence-electron chi connectivity index (χ2n) is 8.67. The predicted molar refractivity (Wildman–Crippen MR) is 108 cm³/mol. The summed E-state index contributed by atoms with van der Waals surface area (Å²) in [6.07, 6.45) is 5.18. The zero-order valence-corrected chi connectivity index (χ0v) is 17.1. The van der Waals surface area contributed by atoms with E-state index in [1.165, 1.54) is 23.1 Å². The van der Waals surface area contributed by atoms with Gasteiger partial charge in [-0.2, -0.15) is 0 Å². The summed E-state index contributed by atoms with van der Waals surface area (Å²) in [4.78, 5) is 7.22. The molecule has 5 heteroatoms. The molecule has 0 saturated carbocycles. The summed E-state index contributed by atoms with van der Waals surface area (Å²) in [6.45, 7) is 11.1. The van der Waals surface area contributed by atoms with Crippen LogP contribution in [0.2, 0.25) is 0 Å². The van der Waals surface area contributed by atoms with Crippen LogP contribution in [0.1, 0.15) is 39.1 Å². The molecule has 0 bridgehead atoms. The van der Waals surface area contributed by atoms with Crippen LogP contribution in [0.25, 0.3) is 11.0 Å². The summed E-state index contributed by atoms with van der Waals surface area (Å²) in [6, 6.07) is 6.50. The fourth-order valence-corrected chi connectivity index (χ4v) is 3.63. The molecule has 0 amide bonds. The second-order valence-corrected chi connectivity index (χ2v) is 8.67. The number of nitrogens with zero attached hydrogens (tertiary/aromatic N) is 3. The van der Waals surface area contributed by atoms with E-state index in [2.05, 4.69) is 69.5 Å². The molecule has 0 unspecified atom stereocenters. The smallest absolute Gasteiger partial charge is 0.110 e. The zero-order valence-electron chi connectivity index (χ0n) is 17.1. The summed E-state index contributed by atoms with van der Waals surface area (Å²) in [5, 5.41) is 8.65. The van der Waals surface area contributed by atoms with Crippen LogP contribution in [-0.4, -0.2) is 40.3 Å². The van der Waals surface area contributed by atoms with Gasteiger partial charge in [-0.1, -0.05) is 39.8 Å². The molecule has 0 fully saturated rings. The maximum absolute atomic E-state index is 8.65. The van der Waals surface area contributed by atoms with Crippen molar-refractivity contribution >= 4 is 11.0 Å². The standard InChI is InChI=1S/C21H34N4O/c1-16(2)12-20-23-18-13-17(8-7-11-22-26)9-10-19(18)25(20)15-21(3,4)14-24(5)6/h7,9-11,13,16,22,26H,8,12,14-15H2,1-6H3/b11-7+. The first-order valence-electron chi connectivity index (χ1n) is 9.39. The molecule has 2 rings (SSSR count). The molecule has 2 N–H and O–H groups in total. The van der Waals surface area contributed by atoms with Crippen molar-refractivity contribution in [1.29, 1.82) is 0 Å². The first-order valence-corrected chi connectivity index (χ1v) is 9.39. The summed E-state index contributed by atoms with van der Waals surface area (Å²) >= 11 is 0. The van der Waals surface area contributed by atoms with Crippen molar-refractivity contribution in [3.8, 4) is 0 Å². The van der Waals surface area contributed by atoms with Crippen molar-refractivity contribution < 1.29 is 5.21 Å². The normalized spacial score (nSPS) is 12.8. The van der Waals surface area contributed by atoms with Crippen molar-refractivity contribution in [3.63, 3.8) is 0 Å². The van der Waals surface area contributed by atoms with Gasteiger partial charge in [0.15, 0.2) is 0 Å². The Balaban J connectivity index is 2.40. The number of rotatable bonds is 9. The van der Waals surface area contributed by atoms with E-state index in [1.54, 1.807) is 0 Å². The second kappa shape index (κ2) is 8.69. The van der Waals surface area contributed by atoms with Crippen molar-refractivity contribution in [1.82, 2.24) is 19.9 Å². The van der Waals surface area contributed by atoms with Crippen LogP contribution in [0.3, 0.4) is 0 Å². The van der Waals surface area contributed by atoms with E-state index in [0.29, 0.717) is 5.92 Å². The van der Waals surface area contributed by atoms with Crippen LogP contribution < -0.4 is 5.48 Å². The molecule has 144 valence electrons. The molecule has 1 aromatic heterocycles. The molecule has 0 spiro atoms. The van der Waals surface area contributed by atoms with Gasteiger partial charge in [0.1, 0.15) is 5.82 Å². The highest BCUT2D eigenvalue weighted by atomic mass is 16.5. The molecular formula is C21H34N4O. The number of nitrogens with one attached hydrogen (secondary N) is 1. The van der Waals surface area contributed by atoms with E-state index in [9.17, 15) is 0 Å². The minimum atomic E-state index is 0.164. The number of fused-ring (bicyclic) bond motifs is 1. The van der Waals surface area contributed by atoms with E-state index in [1.807, 2.05) is 11.6 Å². The Morgan fingerprint density at radius 2 is 2.04 bits per heavy atom. The lowest BCUT2D eigenvalue weighted by molar-refractivity contribution is 0.211. The fourth-order valence-electron chi connectivity index (χ4n) is 3.63. The topological polar surface area (TPSA) is 53.3 Å². The third-order valence-electron chi connectivity index (χ3n) is 4.36. The average Bonchev–Trinajstić information content (AvgIpc) is 2.82. The van der Waals surface area contributed by atoms with E-state index in [-0.39, 0.29) is 5.41 Å². The van der Waals surface area contributed by atoms with Gasteiger partial charge in [-0.3, -0.25) is 10.7 Å². The highest BCUT2D eigenvalue weighted by Gasteiger charge is 2.23. The minimum Gasteiger partial charge on any atom is -0.327 e. The van der Waals surface area contributed by atoms with Gasteiger partial charge in [0.25, 0.3) is 0 Å². The van der Waals surface area contributed by atoms with Crippen LogP contribution in [0.5, 0.6) is 0 Å². The molecule has 1 aromatic carbocycles. The monoisotopic (exact) mass is 358 g/mol. The number of hydrogen-bond donors (Lipinski definition) is 2. The van der Waals surface area contributed by atoms with Crippen molar-refractivity contribution in [3.05, 3.63) is 41.9 Å². The molecule has 2 aromatic rings. The third kappa shape index (κ3) is 5.58. The molecule has 26 heavy (non-hydrogen) atoms. The lowest BCUT2D eigenvalue weighted by atomic mass is 9.92. The van der Waals surface area contributed by atoms with E-state index < -0.39 is 0 Å². The third-order valence-corrected chi connectivity index (χ3v) is 4.36. The predicted octanol–water partition coefficient (Wildman–Crippen LogP) is 3.86. The van der Waals surface area contributed by atoms with Gasteiger partial charge < -0.3 is 9.47 Å². The number of allylic oxidation sites excluding steroid dienone is 1. The molecule has 0 aliphatic rings. The summed E-state index contributed by atoms with van der Waals surface area (Å²) < 4.78 is 2.41. The van der Waals surface area contributed by atoms with Crippen LogP contribution >= 0.6 is 0 Å². The summed E-state index contributed by atoms with van der Waals surface area (Å²) in [7, 11) is 4.26. The van der Waals surface area contributed by atoms with Crippen LogP contribution in [0.15, 0.2) is 30.5 Å². The highest BCUT2D eigenvalue weighted by Crippen LogP contribution is 2.26. The van der Waals surface area contributed by atoms with Gasteiger partial charge in [0, 0.05) is 25.7 Å². The number of hydroxylamine groups is 1. The van der Waals surface area contributed by atoms with Gasteiger partial charge >= 0.3 is 0 Å². The Hall–Kier alpha value is -1.85. The molecule has 0 aliphatic carbocycles. The van der Waals surface area contributed by atoms with Crippen LogP contribution in [-0.2, 0) is 19.4 Å². The maximum Gasteiger partial charge on any atom is 0.110 e. The van der Waals surface area contributed by atoms with Crippen LogP contribution in [0.4, 0.5) is 0 Å². The van der Waals surface area contributed by atoms with Crippen LogP contribution in [0, 0.1) is 11.3 Å². The zero-order chi connectivity index (χ0) is 19.3. The Bertz CT molecular complexity index is 744. The molecule has 0 atom stereocenters. The molecule has 1 heterocycles. The number of imidazole rings is 1. The molecule has 0 saturated heterocycles. The quantitative estimate of drug-likeness (QED) is 0.669. The Morgan fingerprint density at radius 1 is 1.31 bits per heavy atom. The minimum absolute atomic E-state index is 0.164. The summed E-state index contributed by atoms with van der Waals surface area (Å²) in [5.74, 6) is 1.74. The lowest BCUT2D eigenvalue weighted by Crippen LogP contribution is -2.33. The maximum atomic E-state index is 8.65. The average molecular weight is 359 g/mol. The molecule has 5 nitrogen and oxygen atoms in total. The SMILES string of the molecule is CC(C)Cc1nc2cc(C/C=C/NO)ccc2n1CC(C)(C)CN(C)C.